The number of amides is 1. The Labute approximate surface area is 155 Å². The van der Waals surface area contributed by atoms with Crippen LogP contribution >= 0.6 is 11.3 Å². The van der Waals surface area contributed by atoms with Gasteiger partial charge in [0.25, 0.3) is 5.91 Å². The predicted octanol–water partition coefficient (Wildman–Crippen LogP) is 2.92. The Morgan fingerprint density at radius 1 is 1.31 bits per heavy atom. The number of anilines is 1. The van der Waals surface area contributed by atoms with E-state index in [9.17, 15) is 9.59 Å². The number of carbonyl (C=O) groups is 2. The second kappa shape index (κ2) is 8.45. The number of nitriles is 1. The third kappa shape index (κ3) is 5.29. The molecule has 1 heterocycles. The normalized spacial score (nSPS) is 10.7. The summed E-state index contributed by atoms with van der Waals surface area (Å²) in [4.78, 5) is 28.2. The van der Waals surface area contributed by atoms with Gasteiger partial charge in [-0.05, 0) is 45.0 Å². The molecule has 0 fully saturated rings. The fraction of sp³-hybridized carbons (Fsp3) is 0.333. The summed E-state index contributed by atoms with van der Waals surface area (Å²) in [6.07, 6.45) is 0.0609. The van der Waals surface area contributed by atoms with Crippen molar-refractivity contribution >= 4 is 28.3 Å². The maximum Gasteiger partial charge on any atom is 0.311 e. The fourth-order valence-corrected chi connectivity index (χ4v) is 2.70. The lowest BCUT2D eigenvalue weighted by molar-refractivity contribution is -0.142. The molecule has 2 aromatic rings. The van der Waals surface area contributed by atoms with Crippen molar-refractivity contribution in [3.8, 4) is 11.8 Å². The van der Waals surface area contributed by atoms with Gasteiger partial charge in [0, 0.05) is 5.38 Å². The number of thiazole rings is 1. The summed E-state index contributed by atoms with van der Waals surface area (Å²) >= 11 is 1.22. The van der Waals surface area contributed by atoms with E-state index in [1.54, 1.807) is 50.4 Å². The summed E-state index contributed by atoms with van der Waals surface area (Å²) in [5.74, 6) is -0.259. The van der Waals surface area contributed by atoms with Crippen LogP contribution in [0.1, 0.15) is 32.0 Å². The van der Waals surface area contributed by atoms with Gasteiger partial charge in [0.15, 0.2) is 10.7 Å². The quantitative estimate of drug-likeness (QED) is 0.749. The number of nitrogens with zero attached hydrogens (tertiary/aromatic N) is 2. The highest BCUT2D eigenvalue weighted by Crippen LogP contribution is 2.22. The van der Waals surface area contributed by atoms with Gasteiger partial charge in [-0.25, -0.2) is 4.98 Å². The van der Waals surface area contributed by atoms with Crippen LogP contribution in [0.2, 0.25) is 0 Å². The molecule has 2 rings (SSSR count). The Bertz CT molecular complexity index is 822. The van der Waals surface area contributed by atoms with E-state index in [1.165, 1.54) is 11.3 Å². The molecule has 1 amide bonds. The Hall–Kier alpha value is -2.92. The lowest BCUT2D eigenvalue weighted by Gasteiger charge is -2.24. The van der Waals surface area contributed by atoms with E-state index in [2.05, 4.69) is 10.3 Å². The average Bonchev–Trinajstić information content (AvgIpc) is 3.02. The van der Waals surface area contributed by atoms with E-state index in [0.717, 1.165) is 0 Å². The second-order valence-electron chi connectivity index (χ2n) is 5.83. The number of rotatable bonds is 7. The molecular weight excluding hydrogens is 354 g/mol. The molecule has 0 unspecified atom stereocenters. The van der Waals surface area contributed by atoms with Crippen LogP contribution in [0.3, 0.4) is 0 Å². The maximum absolute atomic E-state index is 12.5. The summed E-state index contributed by atoms with van der Waals surface area (Å²) in [7, 11) is 0. The van der Waals surface area contributed by atoms with E-state index in [4.69, 9.17) is 14.7 Å². The number of hydrogen-bond donors (Lipinski definition) is 1. The first-order chi connectivity index (χ1) is 12.3. The summed E-state index contributed by atoms with van der Waals surface area (Å²) in [5, 5.41) is 13.6. The van der Waals surface area contributed by atoms with Gasteiger partial charge in [0.2, 0.25) is 0 Å². The van der Waals surface area contributed by atoms with E-state index in [-0.39, 0.29) is 18.3 Å². The van der Waals surface area contributed by atoms with Crippen LogP contribution < -0.4 is 10.1 Å². The summed E-state index contributed by atoms with van der Waals surface area (Å²) < 4.78 is 10.6. The lowest BCUT2D eigenvalue weighted by Crippen LogP contribution is -2.42. The highest BCUT2D eigenvalue weighted by molar-refractivity contribution is 7.13. The van der Waals surface area contributed by atoms with E-state index in [0.29, 0.717) is 28.7 Å². The fourth-order valence-electron chi connectivity index (χ4n) is 1.99. The number of aromatic nitrogens is 1. The molecule has 0 aliphatic heterocycles. The van der Waals surface area contributed by atoms with Crippen molar-refractivity contribution in [2.45, 2.75) is 32.8 Å². The van der Waals surface area contributed by atoms with Gasteiger partial charge in [-0.15, -0.1) is 11.3 Å². The molecule has 0 radical (unpaired) electrons. The van der Waals surface area contributed by atoms with E-state index < -0.39 is 5.60 Å². The summed E-state index contributed by atoms with van der Waals surface area (Å²) in [6, 6.07) is 8.52. The molecule has 0 aliphatic rings. The van der Waals surface area contributed by atoms with Crippen molar-refractivity contribution in [3.63, 3.8) is 0 Å². The highest BCUT2D eigenvalue weighted by atomic mass is 32.1. The summed E-state index contributed by atoms with van der Waals surface area (Å²) in [6.45, 7) is 5.31. The van der Waals surface area contributed by atoms with E-state index >= 15 is 0 Å². The van der Waals surface area contributed by atoms with Crippen molar-refractivity contribution in [2.75, 3.05) is 11.9 Å². The van der Waals surface area contributed by atoms with Gasteiger partial charge in [0.1, 0.15) is 5.75 Å². The molecule has 8 heteroatoms. The number of nitrogens with one attached hydrogen (secondary N) is 1. The number of benzene rings is 1. The van der Waals surface area contributed by atoms with Crippen LogP contribution in [0.25, 0.3) is 0 Å². The molecule has 1 aromatic heterocycles. The van der Waals surface area contributed by atoms with Crippen LogP contribution in [0.4, 0.5) is 5.13 Å². The number of carbonyl (C=O) groups excluding carboxylic acids is 2. The molecule has 0 atom stereocenters. The molecule has 7 nitrogen and oxygen atoms in total. The van der Waals surface area contributed by atoms with Crippen molar-refractivity contribution < 1.29 is 19.1 Å². The number of ether oxygens (including phenoxy) is 2. The van der Waals surface area contributed by atoms with E-state index in [1.807, 2.05) is 6.07 Å². The molecule has 136 valence electrons. The first-order valence-corrected chi connectivity index (χ1v) is 8.82. The third-order valence-corrected chi connectivity index (χ3v) is 4.11. The third-order valence-electron chi connectivity index (χ3n) is 3.31. The molecule has 0 saturated carbocycles. The first-order valence-electron chi connectivity index (χ1n) is 7.94. The minimum Gasteiger partial charge on any atom is -0.478 e. The highest BCUT2D eigenvalue weighted by Gasteiger charge is 2.30. The molecule has 1 N–H and O–H groups in total. The van der Waals surface area contributed by atoms with Gasteiger partial charge in [-0.2, -0.15) is 5.26 Å². The van der Waals surface area contributed by atoms with Crippen molar-refractivity contribution in [1.82, 2.24) is 4.98 Å². The molecule has 26 heavy (non-hydrogen) atoms. The van der Waals surface area contributed by atoms with Gasteiger partial charge >= 0.3 is 5.97 Å². The Balaban J connectivity index is 1.98. The molecular formula is C18H19N3O4S. The topological polar surface area (TPSA) is 101 Å². The minimum atomic E-state index is -1.15. The van der Waals surface area contributed by atoms with Crippen molar-refractivity contribution in [3.05, 3.63) is 40.9 Å². The van der Waals surface area contributed by atoms with Crippen LogP contribution in [0, 0.1) is 11.3 Å². The largest absolute Gasteiger partial charge is 0.478 e. The van der Waals surface area contributed by atoms with Crippen molar-refractivity contribution in [1.29, 1.82) is 5.26 Å². The number of esters is 1. The lowest BCUT2D eigenvalue weighted by atomic mass is 10.1. The van der Waals surface area contributed by atoms with Gasteiger partial charge in [-0.3, -0.25) is 14.9 Å². The standard InChI is InChI=1S/C18H19N3O4S/c1-4-24-15(22)9-13-11-26-17(20-13)21-16(23)18(2,3)25-14-7-5-12(10-19)6-8-14/h5-8,11H,4,9H2,1-3H3,(H,20,21,23). The van der Waals surface area contributed by atoms with Crippen molar-refractivity contribution in [2.24, 2.45) is 0 Å². The molecule has 0 bridgehead atoms. The van der Waals surface area contributed by atoms with Gasteiger partial charge in [-0.1, -0.05) is 0 Å². The number of hydrogen-bond acceptors (Lipinski definition) is 7. The monoisotopic (exact) mass is 373 g/mol. The average molecular weight is 373 g/mol. The Morgan fingerprint density at radius 2 is 2.00 bits per heavy atom. The second-order valence-corrected chi connectivity index (χ2v) is 6.69. The molecule has 1 aromatic carbocycles. The van der Waals surface area contributed by atoms with Gasteiger partial charge < -0.3 is 9.47 Å². The van der Waals surface area contributed by atoms with Gasteiger partial charge in [0.05, 0.1) is 30.4 Å². The van der Waals surface area contributed by atoms with Crippen LogP contribution in [0.5, 0.6) is 5.75 Å². The van der Waals surface area contributed by atoms with Crippen LogP contribution in [-0.4, -0.2) is 29.1 Å². The predicted molar refractivity (Wildman–Crippen MR) is 96.9 cm³/mol. The zero-order valence-corrected chi connectivity index (χ0v) is 15.6. The van der Waals surface area contributed by atoms with Crippen LogP contribution in [-0.2, 0) is 20.7 Å². The summed E-state index contributed by atoms with van der Waals surface area (Å²) in [5.41, 5.74) is -0.104. The first kappa shape index (κ1) is 19.4. The minimum absolute atomic E-state index is 0.0609. The maximum atomic E-state index is 12.5. The SMILES string of the molecule is CCOC(=O)Cc1csc(NC(=O)C(C)(C)Oc2ccc(C#N)cc2)n1. The Kier molecular flexibility index (Phi) is 6.31. The molecule has 0 spiro atoms. The molecule has 0 aliphatic carbocycles. The Morgan fingerprint density at radius 3 is 2.62 bits per heavy atom. The molecule has 0 saturated heterocycles. The zero-order valence-electron chi connectivity index (χ0n) is 14.7. The zero-order chi connectivity index (χ0) is 19.2. The smallest absolute Gasteiger partial charge is 0.311 e. The van der Waals surface area contributed by atoms with Crippen LogP contribution in [0.15, 0.2) is 29.6 Å².